The van der Waals surface area contributed by atoms with Gasteiger partial charge in [-0.05, 0) is 53.6 Å². The molecule has 0 aromatic heterocycles. The highest BCUT2D eigenvalue weighted by molar-refractivity contribution is 7.91. The van der Waals surface area contributed by atoms with E-state index in [1.54, 1.807) is 30.3 Å². The number of nitrogens with one attached hydrogen (secondary N) is 1. The molecule has 0 radical (unpaired) electrons. The van der Waals surface area contributed by atoms with Crippen LogP contribution in [0.15, 0.2) is 48.5 Å². The Morgan fingerprint density at radius 3 is 2.36 bits per heavy atom. The third kappa shape index (κ3) is 6.79. The quantitative estimate of drug-likeness (QED) is 0.374. The average Bonchev–Trinajstić information content (AvgIpc) is 2.84. The van der Waals surface area contributed by atoms with Crippen molar-refractivity contribution in [2.45, 2.75) is 50.8 Å². The number of ether oxygens (including phenoxy) is 1. The lowest BCUT2D eigenvalue weighted by molar-refractivity contribution is -0.142. The molecule has 0 saturated carbocycles. The van der Waals surface area contributed by atoms with E-state index < -0.39 is 44.3 Å². The summed E-state index contributed by atoms with van der Waals surface area (Å²) in [5, 5.41) is 12.7. The summed E-state index contributed by atoms with van der Waals surface area (Å²) in [5.74, 6) is -3.01. The number of aliphatic carboxylic acids is 1. The van der Waals surface area contributed by atoms with Crippen LogP contribution >= 0.6 is 23.2 Å². The van der Waals surface area contributed by atoms with Crippen LogP contribution in [0.25, 0.3) is 0 Å². The maximum Gasteiger partial charge on any atom is 0.304 e. The fourth-order valence-corrected chi connectivity index (χ4v) is 9.23. The number of piperidine rings is 1. The third-order valence-corrected chi connectivity index (χ3v) is 11.3. The Labute approximate surface area is 240 Å². The van der Waals surface area contributed by atoms with E-state index in [0.29, 0.717) is 35.2 Å². The van der Waals surface area contributed by atoms with Crippen molar-refractivity contribution in [3.8, 4) is 0 Å². The lowest BCUT2D eigenvalue weighted by Crippen LogP contribution is -2.54. The molecule has 2 fully saturated rings. The maximum absolute atomic E-state index is 14.0. The van der Waals surface area contributed by atoms with Crippen LogP contribution in [0.4, 0.5) is 0 Å². The molecular formula is C29H35Cl2NO6S. The average molecular weight is 597 g/mol. The minimum absolute atomic E-state index is 0.0141. The summed E-state index contributed by atoms with van der Waals surface area (Å²) in [6.45, 7) is 6.57. The molecule has 2 aromatic carbocycles. The summed E-state index contributed by atoms with van der Waals surface area (Å²) in [6.07, 6.45) is 0.0515. The smallest absolute Gasteiger partial charge is 0.304 e. The Morgan fingerprint density at radius 2 is 1.79 bits per heavy atom. The summed E-state index contributed by atoms with van der Waals surface area (Å²) >= 11 is 12.4. The molecule has 2 aromatic rings. The Balaban J connectivity index is 1.71. The first-order chi connectivity index (χ1) is 18.3. The number of benzene rings is 2. The highest BCUT2D eigenvalue weighted by atomic mass is 35.5. The standard InChI is InChI=1S/C29H35Cl2NO6S/c1-17(26-24(20-5-4-6-23(31)11-20)12-21(13-25(33)34)28(35)32-26)18(2)27(19-7-9-22(30)10-8-19)39(36,37)16-29(3)14-38-15-29/h4-11,17-18,21,24,26-27H,12-16H2,1-3H3,(H,32,35)(H,33,34)/t17?,18?,21-,24-,26+,27?/m1/s1. The molecule has 0 aliphatic carbocycles. The van der Waals surface area contributed by atoms with Crippen LogP contribution < -0.4 is 5.32 Å². The Kier molecular flexibility index (Phi) is 9.01. The molecule has 2 aliphatic rings. The van der Waals surface area contributed by atoms with E-state index in [1.807, 2.05) is 39.0 Å². The van der Waals surface area contributed by atoms with E-state index >= 15 is 0 Å². The van der Waals surface area contributed by atoms with Gasteiger partial charge in [0.1, 0.15) is 0 Å². The monoisotopic (exact) mass is 595 g/mol. The van der Waals surface area contributed by atoms with E-state index in [1.165, 1.54) is 0 Å². The van der Waals surface area contributed by atoms with Crippen LogP contribution in [-0.4, -0.2) is 50.4 Å². The number of carboxylic acid groups (broad SMARTS) is 1. The number of hydrogen-bond donors (Lipinski definition) is 2. The van der Waals surface area contributed by atoms with Gasteiger partial charge < -0.3 is 15.2 Å². The van der Waals surface area contributed by atoms with Gasteiger partial charge in [-0.25, -0.2) is 8.42 Å². The predicted octanol–water partition coefficient (Wildman–Crippen LogP) is 5.52. The second-order valence-electron chi connectivity index (χ2n) is 11.5. The molecular weight excluding hydrogens is 561 g/mol. The number of carboxylic acids is 1. The van der Waals surface area contributed by atoms with Gasteiger partial charge in [-0.15, -0.1) is 0 Å². The number of sulfone groups is 1. The number of hydrogen-bond acceptors (Lipinski definition) is 5. The summed E-state index contributed by atoms with van der Waals surface area (Å²) in [4.78, 5) is 24.5. The van der Waals surface area contributed by atoms with Crippen LogP contribution in [0.1, 0.15) is 55.9 Å². The van der Waals surface area contributed by atoms with Gasteiger partial charge in [0, 0.05) is 33.3 Å². The van der Waals surface area contributed by atoms with Gasteiger partial charge in [0.15, 0.2) is 9.84 Å². The summed E-state index contributed by atoms with van der Waals surface area (Å²) in [6, 6.07) is 13.8. The van der Waals surface area contributed by atoms with Gasteiger partial charge in [0.05, 0.1) is 30.6 Å². The second kappa shape index (κ2) is 11.8. The summed E-state index contributed by atoms with van der Waals surface area (Å²) in [7, 11) is -3.65. The van der Waals surface area contributed by atoms with Crippen LogP contribution in [0.2, 0.25) is 10.0 Å². The van der Waals surface area contributed by atoms with E-state index in [-0.39, 0.29) is 29.9 Å². The summed E-state index contributed by atoms with van der Waals surface area (Å²) in [5.41, 5.74) is 1.08. The zero-order valence-corrected chi connectivity index (χ0v) is 24.6. The van der Waals surface area contributed by atoms with Crippen molar-refractivity contribution in [3.05, 3.63) is 69.7 Å². The molecule has 4 rings (SSSR count). The normalized spacial score (nSPS) is 25.2. The fraction of sp³-hybridized carbons (Fsp3) is 0.517. The molecule has 6 atom stereocenters. The Bertz CT molecular complexity index is 1310. The number of amides is 1. The third-order valence-electron chi connectivity index (χ3n) is 8.26. The molecule has 2 saturated heterocycles. The molecule has 2 aliphatic heterocycles. The van der Waals surface area contributed by atoms with E-state index in [4.69, 9.17) is 27.9 Å². The Morgan fingerprint density at radius 1 is 1.13 bits per heavy atom. The molecule has 7 nitrogen and oxygen atoms in total. The molecule has 212 valence electrons. The first-order valence-corrected chi connectivity index (χ1v) is 15.6. The molecule has 10 heteroatoms. The van der Waals surface area contributed by atoms with Crippen molar-refractivity contribution in [1.29, 1.82) is 0 Å². The maximum atomic E-state index is 14.0. The van der Waals surface area contributed by atoms with Crippen molar-refractivity contribution in [3.63, 3.8) is 0 Å². The van der Waals surface area contributed by atoms with E-state index in [9.17, 15) is 23.1 Å². The lowest BCUT2D eigenvalue weighted by atomic mass is 9.71. The minimum atomic E-state index is -3.65. The largest absolute Gasteiger partial charge is 0.481 e. The molecule has 0 bridgehead atoms. The fourth-order valence-electron chi connectivity index (χ4n) is 6.11. The van der Waals surface area contributed by atoms with Gasteiger partial charge >= 0.3 is 5.97 Å². The summed E-state index contributed by atoms with van der Waals surface area (Å²) < 4.78 is 33.4. The molecule has 0 spiro atoms. The topological polar surface area (TPSA) is 110 Å². The first-order valence-electron chi connectivity index (χ1n) is 13.1. The number of rotatable bonds is 10. The SMILES string of the molecule is CC(C(C)[C@@H]1NC(=O)[C@@H](CC(=O)O)C[C@@H]1c1cccc(Cl)c1)C(c1ccc(Cl)cc1)S(=O)(=O)CC1(C)COC1. The predicted molar refractivity (Wildman–Crippen MR) is 152 cm³/mol. The second-order valence-corrected chi connectivity index (χ2v) is 14.5. The molecule has 39 heavy (non-hydrogen) atoms. The molecule has 2 heterocycles. The lowest BCUT2D eigenvalue weighted by Gasteiger charge is -2.44. The van der Waals surface area contributed by atoms with Crippen LogP contribution in [-0.2, 0) is 24.2 Å². The number of carbonyl (C=O) groups excluding carboxylic acids is 1. The van der Waals surface area contributed by atoms with Gasteiger partial charge in [-0.2, -0.15) is 0 Å². The first kappa shape index (κ1) is 29.8. The Hall–Kier alpha value is -2.13. The molecule has 3 unspecified atom stereocenters. The molecule has 2 N–H and O–H groups in total. The van der Waals surface area contributed by atoms with Crippen molar-refractivity contribution in [2.75, 3.05) is 19.0 Å². The zero-order valence-electron chi connectivity index (χ0n) is 22.3. The number of halogens is 2. The van der Waals surface area contributed by atoms with Crippen molar-refractivity contribution < 1.29 is 27.9 Å². The van der Waals surface area contributed by atoms with Gasteiger partial charge in [0.2, 0.25) is 5.91 Å². The highest BCUT2D eigenvalue weighted by Gasteiger charge is 2.47. The van der Waals surface area contributed by atoms with Gasteiger partial charge in [-0.1, -0.05) is 68.2 Å². The van der Waals surface area contributed by atoms with E-state index in [2.05, 4.69) is 5.32 Å². The van der Waals surface area contributed by atoms with Gasteiger partial charge in [0.25, 0.3) is 0 Å². The van der Waals surface area contributed by atoms with Crippen LogP contribution in [0.3, 0.4) is 0 Å². The minimum Gasteiger partial charge on any atom is -0.481 e. The highest BCUT2D eigenvalue weighted by Crippen LogP contribution is 2.45. The zero-order chi connectivity index (χ0) is 28.5. The van der Waals surface area contributed by atoms with Crippen molar-refractivity contribution in [1.82, 2.24) is 5.32 Å². The van der Waals surface area contributed by atoms with Crippen LogP contribution in [0.5, 0.6) is 0 Å². The molecule has 1 amide bonds. The van der Waals surface area contributed by atoms with Crippen molar-refractivity contribution in [2.24, 2.45) is 23.2 Å². The van der Waals surface area contributed by atoms with Crippen molar-refractivity contribution >= 4 is 44.9 Å². The van der Waals surface area contributed by atoms with E-state index in [0.717, 1.165) is 5.56 Å². The van der Waals surface area contributed by atoms with Crippen LogP contribution in [0, 0.1) is 23.2 Å². The number of carbonyl (C=O) groups is 2. The van der Waals surface area contributed by atoms with Gasteiger partial charge in [-0.3, -0.25) is 9.59 Å².